The Morgan fingerprint density at radius 1 is 1.29 bits per heavy atom. The minimum Gasteiger partial charge on any atom is -0.497 e. The molecule has 0 saturated carbocycles. The van der Waals surface area contributed by atoms with Crippen molar-refractivity contribution in [1.82, 2.24) is 10.2 Å². The van der Waals surface area contributed by atoms with E-state index in [0.29, 0.717) is 24.2 Å². The van der Waals surface area contributed by atoms with Crippen LogP contribution in [0.4, 0.5) is 4.39 Å². The van der Waals surface area contributed by atoms with Crippen LogP contribution in [0.1, 0.15) is 31.8 Å². The third-order valence-electron chi connectivity index (χ3n) is 4.08. The first-order valence-corrected chi connectivity index (χ1v) is 7.50. The molecular formula is C18H17FN2O3. The predicted molar refractivity (Wildman–Crippen MR) is 86.4 cm³/mol. The Bertz CT molecular complexity index is 803. The van der Waals surface area contributed by atoms with E-state index >= 15 is 0 Å². The lowest BCUT2D eigenvalue weighted by atomic mass is 10.0. The molecule has 1 N–H and O–H groups in total. The minimum absolute atomic E-state index is 0.0460. The Morgan fingerprint density at radius 3 is 2.62 bits per heavy atom. The molecule has 0 unspecified atom stereocenters. The number of amides is 2. The Labute approximate surface area is 139 Å². The van der Waals surface area contributed by atoms with Crippen LogP contribution < -0.4 is 10.1 Å². The van der Waals surface area contributed by atoms with Crippen LogP contribution in [0.25, 0.3) is 0 Å². The van der Waals surface area contributed by atoms with Gasteiger partial charge in [0, 0.05) is 25.7 Å². The summed E-state index contributed by atoms with van der Waals surface area (Å²) in [6, 6.07) is 10.0. The monoisotopic (exact) mass is 328 g/mol. The van der Waals surface area contributed by atoms with Gasteiger partial charge in [-0.1, -0.05) is 12.1 Å². The molecule has 6 heteroatoms. The highest BCUT2D eigenvalue weighted by atomic mass is 19.1. The average Bonchev–Trinajstić information content (AvgIpc) is 2.89. The van der Waals surface area contributed by atoms with Crippen LogP contribution in [0.3, 0.4) is 0 Å². The molecule has 0 aromatic heterocycles. The second kappa shape index (κ2) is 6.31. The third kappa shape index (κ3) is 2.82. The normalized spacial score (nSPS) is 13.0. The van der Waals surface area contributed by atoms with E-state index in [1.165, 1.54) is 13.1 Å². The van der Waals surface area contributed by atoms with E-state index in [1.54, 1.807) is 12.0 Å². The summed E-state index contributed by atoms with van der Waals surface area (Å²) in [6.45, 7) is 0.763. The number of nitrogens with one attached hydrogen (secondary N) is 1. The molecule has 3 rings (SSSR count). The molecule has 1 heterocycles. The Balaban J connectivity index is 1.83. The van der Waals surface area contributed by atoms with Crippen molar-refractivity contribution in [1.29, 1.82) is 0 Å². The fraction of sp³-hybridized carbons (Fsp3) is 0.222. The topological polar surface area (TPSA) is 58.6 Å². The Kier molecular flexibility index (Phi) is 4.20. The van der Waals surface area contributed by atoms with Crippen molar-refractivity contribution in [3.05, 3.63) is 64.5 Å². The number of methoxy groups -OCH3 is 1. The molecule has 124 valence electrons. The van der Waals surface area contributed by atoms with Gasteiger partial charge in [0.05, 0.1) is 12.7 Å². The van der Waals surface area contributed by atoms with E-state index in [2.05, 4.69) is 5.32 Å². The van der Waals surface area contributed by atoms with Gasteiger partial charge in [0.25, 0.3) is 11.8 Å². The maximum Gasteiger partial charge on any atom is 0.254 e. The van der Waals surface area contributed by atoms with E-state index in [1.807, 2.05) is 24.3 Å². The molecule has 0 spiro atoms. The van der Waals surface area contributed by atoms with Gasteiger partial charge in [-0.05, 0) is 35.4 Å². The van der Waals surface area contributed by atoms with Crippen molar-refractivity contribution in [2.75, 3.05) is 14.2 Å². The lowest BCUT2D eigenvalue weighted by Gasteiger charge is -2.15. The first kappa shape index (κ1) is 16.0. The zero-order valence-corrected chi connectivity index (χ0v) is 13.4. The molecule has 0 aliphatic carbocycles. The van der Waals surface area contributed by atoms with E-state index in [-0.39, 0.29) is 11.5 Å². The summed E-state index contributed by atoms with van der Waals surface area (Å²) >= 11 is 0. The van der Waals surface area contributed by atoms with E-state index in [0.717, 1.165) is 17.4 Å². The van der Waals surface area contributed by atoms with Crippen LogP contribution in [0.15, 0.2) is 36.4 Å². The van der Waals surface area contributed by atoms with Crippen LogP contribution in [0.2, 0.25) is 0 Å². The zero-order valence-electron chi connectivity index (χ0n) is 13.4. The van der Waals surface area contributed by atoms with Crippen LogP contribution in [-0.4, -0.2) is 30.9 Å². The molecular weight excluding hydrogens is 311 g/mol. The first-order valence-electron chi connectivity index (χ1n) is 7.50. The number of carbonyl (C=O) groups is 2. The van der Waals surface area contributed by atoms with E-state index < -0.39 is 11.7 Å². The molecule has 0 atom stereocenters. The number of ether oxygens (including phenoxy) is 1. The van der Waals surface area contributed by atoms with Crippen LogP contribution in [0.5, 0.6) is 5.75 Å². The zero-order chi connectivity index (χ0) is 17.3. The smallest absolute Gasteiger partial charge is 0.254 e. The fourth-order valence-electron chi connectivity index (χ4n) is 2.78. The van der Waals surface area contributed by atoms with Gasteiger partial charge in [-0.15, -0.1) is 0 Å². The summed E-state index contributed by atoms with van der Waals surface area (Å²) in [5.74, 6) is -0.681. The number of carbonyl (C=O) groups excluding carboxylic acids is 2. The average molecular weight is 328 g/mol. The number of hydrogen-bond acceptors (Lipinski definition) is 3. The van der Waals surface area contributed by atoms with Gasteiger partial charge in [0.2, 0.25) is 0 Å². The van der Waals surface area contributed by atoms with Gasteiger partial charge in [0.1, 0.15) is 11.6 Å². The van der Waals surface area contributed by atoms with Gasteiger partial charge >= 0.3 is 0 Å². The van der Waals surface area contributed by atoms with Gasteiger partial charge in [-0.25, -0.2) is 4.39 Å². The minimum atomic E-state index is -0.687. The molecule has 24 heavy (non-hydrogen) atoms. The van der Waals surface area contributed by atoms with Crippen LogP contribution in [-0.2, 0) is 13.1 Å². The highest BCUT2D eigenvalue weighted by Crippen LogP contribution is 2.27. The van der Waals surface area contributed by atoms with Gasteiger partial charge in [0.15, 0.2) is 0 Å². The summed E-state index contributed by atoms with van der Waals surface area (Å²) in [4.78, 5) is 25.8. The number of fused-ring (bicyclic) bond motifs is 1. The van der Waals surface area contributed by atoms with Crippen molar-refractivity contribution in [2.24, 2.45) is 0 Å². The lowest BCUT2D eigenvalue weighted by Crippen LogP contribution is -2.23. The molecule has 0 bridgehead atoms. The second-order valence-electron chi connectivity index (χ2n) is 5.58. The molecule has 0 fully saturated rings. The summed E-state index contributed by atoms with van der Waals surface area (Å²) in [5, 5.41) is 2.40. The summed E-state index contributed by atoms with van der Waals surface area (Å²) in [5.41, 5.74) is 1.88. The summed E-state index contributed by atoms with van der Waals surface area (Å²) in [7, 11) is 3.03. The maximum atomic E-state index is 14.0. The van der Waals surface area contributed by atoms with E-state index in [4.69, 9.17) is 4.74 Å². The van der Waals surface area contributed by atoms with Gasteiger partial charge in [-0.2, -0.15) is 0 Å². The first-order chi connectivity index (χ1) is 11.5. The van der Waals surface area contributed by atoms with Crippen molar-refractivity contribution in [2.45, 2.75) is 13.1 Å². The molecule has 2 aromatic carbocycles. The largest absolute Gasteiger partial charge is 0.497 e. The van der Waals surface area contributed by atoms with Crippen molar-refractivity contribution >= 4 is 11.8 Å². The second-order valence-corrected chi connectivity index (χ2v) is 5.58. The summed E-state index contributed by atoms with van der Waals surface area (Å²) < 4.78 is 19.2. The van der Waals surface area contributed by atoms with Crippen LogP contribution >= 0.6 is 0 Å². The summed E-state index contributed by atoms with van der Waals surface area (Å²) in [6.07, 6.45) is 0. The number of nitrogens with zero attached hydrogens (tertiary/aromatic N) is 1. The number of hydrogen-bond donors (Lipinski definition) is 1. The van der Waals surface area contributed by atoms with Gasteiger partial charge in [-0.3, -0.25) is 9.59 Å². The maximum absolute atomic E-state index is 14.0. The quantitative estimate of drug-likeness (QED) is 0.937. The van der Waals surface area contributed by atoms with E-state index in [9.17, 15) is 14.0 Å². The molecule has 2 amide bonds. The van der Waals surface area contributed by atoms with Crippen molar-refractivity contribution in [3.8, 4) is 5.75 Å². The highest BCUT2D eigenvalue weighted by Gasteiger charge is 2.29. The number of benzene rings is 2. The van der Waals surface area contributed by atoms with Crippen LogP contribution in [0, 0.1) is 5.82 Å². The number of halogens is 1. The predicted octanol–water partition coefficient (Wildman–Crippen LogP) is 2.35. The van der Waals surface area contributed by atoms with Crippen molar-refractivity contribution in [3.63, 3.8) is 0 Å². The molecule has 1 aliphatic heterocycles. The third-order valence-corrected chi connectivity index (χ3v) is 4.08. The molecule has 5 nitrogen and oxygen atoms in total. The Morgan fingerprint density at radius 2 is 2.00 bits per heavy atom. The highest BCUT2D eigenvalue weighted by molar-refractivity contribution is 6.01. The lowest BCUT2D eigenvalue weighted by molar-refractivity contribution is 0.0766. The SMILES string of the molecule is CNC(=O)c1cc2c(cc1F)C(=O)N(Cc1ccc(OC)cc1)C2. The van der Waals surface area contributed by atoms with Gasteiger partial charge < -0.3 is 15.0 Å². The fourth-order valence-corrected chi connectivity index (χ4v) is 2.78. The molecule has 1 aliphatic rings. The Hall–Kier alpha value is -2.89. The molecule has 0 radical (unpaired) electrons. The molecule has 2 aromatic rings. The molecule has 0 saturated heterocycles. The standard InChI is InChI=1S/C18H17FN2O3/c1-20-17(22)15-7-12-10-21(18(23)14(12)8-16(15)19)9-11-3-5-13(24-2)6-4-11/h3-8H,9-10H2,1-2H3,(H,20,22). The van der Waals surface area contributed by atoms with Crippen molar-refractivity contribution < 1.29 is 18.7 Å². The number of rotatable bonds is 4.